The third-order valence-corrected chi connectivity index (χ3v) is 4.60. The Labute approximate surface area is 105 Å². The predicted octanol–water partition coefficient (Wildman–Crippen LogP) is 1.39. The second-order valence-electron chi connectivity index (χ2n) is 4.87. The molecule has 0 aromatic heterocycles. The minimum Gasteiger partial charge on any atom is -0.330 e. The number of carbonyl (C=O) groups excluding carboxylic acids is 1. The maximum absolute atomic E-state index is 11.8. The molecule has 5 heteroatoms. The van der Waals surface area contributed by atoms with E-state index in [9.17, 15) is 13.2 Å². The highest BCUT2D eigenvalue weighted by Crippen LogP contribution is 2.14. The second-order valence-corrected chi connectivity index (χ2v) is 7.34. The molecule has 0 saturated carbocycles. The molecular formula is C12H25NO3S. The number of carbonyl (C=O) groups is 1. The van der Waals surface area contributed by atoms with Gasteiger partial charge in [0, 0.05) is 24.6 Å². The zero-order valence-corrected chi connectivity index (χ0v) is 11.9. The third kappa shape index (κ3) is 7.49. The topological polar surface area (TPSA) is 77.2 Å². The van der Waals surface area contributed by atoms with E-state index < -0.39 is 9.84 Å². The van der Waals surface area contributed by atoms with Crippen LogP contribution in [0.25, 0.3) is 0 Å². The lowest BCUT2D eigenvalue weighted by atomic mass is 9.91. The molecule has 0 aliphatic heterocycles. The van der Waals surface area contributed by atoms with E-state index in [0.717, 1.165) is 6.42 Å². The smallest absolute Gasteiger partial charge is 0.150 e. The van der Waals surface area contributed by atoms with Crippen molar-refractivity contribution in [2.75, 3.05) is 18.1 Å². The second kappa shape index (κ2) is 7.82. The molecule has 0 rings (SSSR count). The summed E-state index contributed by atoms with van der Waals surface area (Å²) in [5.41, 5.74) is 5.57. The van der Waals surface area contributed by atoms with Crippen LogP contribution >= 0.6 is 0 Å². The maximum atomic E-state index is 11.8. The molecule has 102 valence electrons. The van der Waals surface area contributed by atoms with Crippen molar-refractivity contribution >= 4 is 15.6 Å². The molecule has 17 heavy (non-hydrogen) atoms. The Kier molecular flexibility index (Phi) is 7.63. The van der Waals surface area contributed by atoms with Gasteiger partial charge in [-0.25, -0.2) is 8.42 Å². The van der Waals surface area contributed by atoms with E-state index in [1.807, 2.05) is 0 Å². The fourth-order valence-corrected chi connectivity index (χ4v) is 2.62. The maximum Gasteiger partial charge on any atom is 0.150 e. The van der Waals surface area contributed by atoms with E-state index in [1.54, 1.807) is 6.92 Å². The van der Waals surface area contributed by atoms with Crippen molar-refractivity contribution in [3.63, 3.8) is 0 Å². The van der Waals surface area contributed by atoms with Crippen molar-refractivity contribution < 1.29 is 13.2 Å². The number of rotatable bonds is 9. The summed E-state index contributed by atoms with van der Waals surface area (Å²) in [6.07, 6.45) is 1.53. The van der Waals surface area contributed by atoms with Gasteiger partial charge in [0.1, 0.15) is 15.6 Å². The molecule has 0 spiro atoms. The molecule has 4 nitrogen and oxygen atoms in total. The molecule has 0 amide bonds. The van der Waals surface area contributed by atoms with Crippen LogP contribution in [0.15, 0.2) is 0 Å². The summed E-state index contributed by atoms with van der Waals surface area (Å²) < 4.78 is 22.5. The van der Waals surface area contributed by atoms with Crippen LogP contribution in [0.1, 0.15) is 40.0 Å². The lowest BCUT2D eigenvalue weighted by Gasteiger charge is -2.15. The van der Waals surface area contributed by atoms with Gasteiger partial charge >= 0.3 is 0 Å². The highest BCUT2D eigenvalue weighted by atomic mass is 32.2. The standard InChI is InChI=1S/C12H25NO3S/c1-4-17(15,16)7-5-6-12(14)11(9-13)8-10(2)3/h10-11H,4-9,13H2,1-3H3. The summed E-state index contributed by atoms with van der Waals surface area (Å²) in [6.45, 7) is 6.09. The number of nitrogens with two attached hydrogens (primary N) is 1. The SMILES string of the molecule is CCS(=O)(=O)CCCC(=O)C(CN)CC(C)C. The Balaban J connectivity index is 4.08. The van der Waals surface area contributed by atoms with Crippen LogP contribution in [-0.4, -0.2) is 32.3 Å². The first kappa shape index (κ1) is 16.6. The lowest BCUT2D eigenvalue weighted by Crippen LogP contribution is -2.25. The van der Waals surface area contributed by atoms with Gasteiger partial charge in [-0.1, -0.05) is 20.8 Å². The zero-order valence-electron chi connectivity index (χ0n) is 11.1. The molecule has 0 fully saturated rings. The van der Waals surface area contributed by atoms with Crippen LogP contribution in [0, 0.1) is 11.8 Å². The van der Waals surface area contributed by atoms with E-state index in [-0.39, 0.29) is 23.2 Å². The number of ketones is 1. The van der Waals surface area contributed by atoms with Gasteiger partial charge in [-0.15, -0.1) is 0 Å². The minimum atomic E-state index is -2.95. The lowest BCUT2D eigenvalue weighted by molar-refractivity contribution is -0.123. The van der Waals surface area contributed by atoms with Crippen LogP contribution in [0.5, 0.6) is 0 Å². The molecular weight excluding hydrogens is 238 g/mol. The summed E-state index contributed by atoms with van der Waals surface area (Å²) in [4.78, 5) is 11.8. The zero-order chi connectivity index (χ0) is 13.5. The Hall–Kier alpha value is -0.420. The molecule has 0 bridgehead atoms. The normalized spacial score (nSPS) is 13.9. The summed E-state index contributed by atoms with van der Waals surface area (Å²) >= 11 is 0. The third-order valence-electron chi connectivity index (χ3n) is 2.81. The van der Waals surface area contributed by atoms with Crippen LogP contribution in [0.3, 0.4) is 0 Å². The van der Waals surface area contributed by atoms with Crippen molar-refractivity contribution in [3.05, 3.63) is 0 Å². The van der Waals surface area contributed by atoms with Crippen molar-refractivity contribution in [3.8, 4) is 0 Å². The first-order chi connectivity index (χ1) is 7.82. The van der Waals surface area contributed by atoms with Gasteiger partial charge in [0.2, 0.25) is 0 Å². The fraction of sp³-hybridized carbons (Fsp3) is 0.917. The Morgan fingerprint density at radius 2 is 1.88 bits per heavy atom. The van der Waals surface area contributed by atoms with Crippen LogP contribution in [-0.2, 0) is 14.6 Å². The van der Waals surface area contributed by atoms with Gasteiger partial charge in [-0.2, -0.15) is 0 Å². The van der Waals surface area contributed by atoms with Gasteiger partial charge in [-0.3, -0.25) is 4.79 Å². The van der Waals surface area contributed by atoms with Gasteiger partial charge < -0.3 is 5.73 Å². The Morgan fingerprint density at radius 1 is 1.29 bits per heavy atom. The Morgan fingerprint density at radius 3 is 2.29 bits per heavy atom. The van der Waals surface area contributed by atoms with E-state index >= 15 is 0 Å². The highest BCUT2D eigenvalue weighted by Gasteiger charge is 2.18. The van der Waals surface area contributed by atoms with Crippen molar-refractivity contribution in [2.24, 2.45) is 17.6 Å². The number of hydrogen-bond acceptors (Lipinski definition) is 4. The summed E-state index contributed by atoms with van der Waals surface area (Å²) in [6, 6.07) is 0. The van der Waals surface area contributed by atoms with Gasteiger partial charge in [0.15, 0.2) is 0 Å². The largest absolute Gasteiger partial charge is 0.330 e. The first-order valence-corrected chi connectivity index (χ1v) is 8.07. The number of sulfone groups is 1. The average molecular weight is 263 g/mol. The summed E-state index contributed by atoms with van der Waals surface area (Å²) in [5.74, 6) is 0.681. The summed E-state index contributed by atoms with van der Waals surface area (Å²) in [7, 11) is -2.95. The highest BCUT2D eigenvalue weighted by molar-refractivity contribution is 7.91. The van der Waals surface area contributed by atoms with E-state index in [2.05, 4.69) is 13.8 Å². The van der Waals surface area contributed by atoms with Gasteiger partial charge in [0.25, 0.3) is 0 Å². The van der Waals surface area contributed by atoms with Crippen molar-refractivity contribution in [1.82, 2.24) is 0 Å². The van der Waals surface area contributed by atoms with E-state index in [1.165, 1.54) is 0 Å². The van der Waals surface area contributed by atoms with Crippen LogP contribution < -0.4 is 5.73 Å². The molecule has 0 aliphatic carbocycles. The monoisotopic (exact) mass is 263 g/mol. The summed E-state index contributed by atoms with van der Waals surface area (Å²) in [5, 5.41) is 0. The molecule has 0 aliphatic rings. The molecule has 0 heterocycles. The Bertz CT molecular complexity index is 323. The van der Waals surface area contributed by atoms with Gasteiger partial charge in [0.05, 0.1) is 5.75 Å². The van der Waals surface area contributed by atoms with Crippen LogP contribution in [0.2, 0.25) is 0 Å². The molecule has 0 aromatic rings. The van der Waals surface area contributed by atoms with Crippen LogP contribution in [0.4, 0.5) is 0 Å². The quantitative estimate of drug-likeness (QED) is 0.682. The van der Waals surface area contributed by atoms with Crippen molar-refractivity contribution in [1.29, 1.82) is 0 Å². The molecule has 2 N–H and O–H groups in total. The van der Waals surface area contributed by atoms with E-state index in [0.29, 0.717) is 25.3 Å². The molecule has 1 unspecified atom stereocenters. The molecule has 0 saturated heterocycles. The molecule has 0 radical (unpaired) electrons. The van der Waals surface area contributed by atoms with Crippen molar-refractivity contribution in [2.45, 2.75) is 40.0 Å². The first-order valence-electron chi connectivity index (χ1n) is 6.25. The van der Waals surface area contributed by atoms with Gasteiger partial charge in [-0.05, 0) is 18.8 Å². The molecule has 0 aromatic carbocycles. The number of hydrogen-bond donors (Lipinski definition) is 1. The average Bonchev–Trinajstić information content (AvgIpc) is 2.25. The minimum absolute atomic E-state index is 0.104. The predicted molar refractivity (Wildman–Crippen MR) is 70.6 cm³/mol. The fourth-order valence-electron chi connectivity index (χ4n) is 1.74. The number of Topliss-reactive ketones (excluding diaryl/α,β-unsaturated/α-hetero) is 1. The van der Waals surface area contributed by atoms with E-state index in [4.69, 9.17) is 5.73 Å². The molecule has 1 atom stereocenters.